The maximum atomic E-state index is 13.9. The van der Waals surface area contributed by atoms with Gasteiger partial charge in [-0.1, -0.05) is 48.0 Å². The number of aryl methyl sites for hydroxylation is 2. The minimum absolute atomic E-state index is 0.0307. The van der Waals surface area contributed by atoms with E-state index in [0.29, 0.717) is 28.5 Å². The van der Waals surface area contributed by atoms with Crippen LogP contribution in [0.3, 0.4) is 0 Å². The van der Waals surface area contributed by atoms with Crippen molar-refractivity contribution in [2.45, 2.75) is 44.8 Å². The van der Waals surface area contributed by atoms with Crippen LogP contribution in [0.15, 0.2) is 76.0 Å². The number of alkyl halides is 3. The number of fused-ring (bicyclic) bond motifs is 1. The van der Waals surface area contributed by atoms with Gasteiger partial charge in [-0.25, -0.2) is 13.2 Å². The third-order valence-electron chi connectivity index (χ3n) is 6.42. The molecule has 1 heterocycles. The number of furan rings is 1. The Morgan fingerprint density at radius 1 is 1.00 bits per heavy atom. The first-order chi connectivity index (χ1) is 18.4. The standard InChI is InChI=1S/C29H28F3NO5S/c1-4-37-28(34)27-20(3)24-17-23(12-13-26(24)38-27)39(35,36)33(15-14-21-8-6-5-7-9-21)18-22-11-10-19(2)16-25(22)29(30,31)32/h5-13,16-17H,4,14-15,18H2,1-3H3. The summed E-state index contributed by atoms with van der Waals surface area (Å²) in [7, 11) is -4.26. The van der Waals surface area contributed by atoms with Crippen molar-refractivity contribution in [3.63, 3.8) is 0 Å². The Kier molecular flexibility index (Phi) is 8.17. The molecular formula is C29H28F3NO5S. The second-order valence-electron chi connectivity index (χ2n) is 9.17. The normalized spacial score (nSPS) is 12.3. The van der Waals surface area contributed by atoms with Crippen molar-refractivity contribution >= 4 is 27.0 Å². The zero-order valence-electron chi connectivity index (χ0n) is 21.7. The Labute approximate surface area is 225 Å². The third kappa shape index (κ3) is 6.17. The van der Waals surface area contributed by atoms with Crippen molar-refractivity contribution in [3.05, 3.63) is 100 Å². The lowest BCUT2D eigenvalue weighted by Gasteiger charge is -2.24. The van der Waals surface area contributed by atoms with E-state index in [1.807, 2.05) is 30.3 Å². The van der Waals surface area contributed by atoms with Crippen LogP contribution in [-0.4, -0.2) is 31.8 Å². The zero-order valence-corrected chi connectivity index (χ0v) is 22.5. The van der Waals surface area contributed by atoms with E-state index in [-0.39, 0.29) is 29.4 Å². The number of esters is 1. The molecule has 0 aliphatic carbocycles. The number of carbonyl (C=O) groups is 1. The zero-order chi connectivity index (χ0) is 28.4. The Bertz CT molecular complexity index is 1590. The van der Waals surface area contributed by atoms with Crippen LogP contribution in [0.1, 0.15) is 45.3 Å². The number of hydrogen-bond donors (Lipinski definition) is 0. The number of benzene rings is 3. The summed E-state index contributed by atoms with van der Waals surface area (Å²) in [5.41, 5.74) is 0.955. The number of rotatable bonds is 9. The summed E-state index contributed by atoms with van der Waals surface area (Å²) in [5.74, 6) is -0.698. The molecule has 0 spiro atoms. The number of sulfonamides is 1. The van der Waals surface area contributed by atoms with E-state index < -0.39 is 34.3 Å². The van der Waals surface area contributed by atoms with Crippen molar-refractivity contribution in [1.29, 1.82) is 0 Å². The van der Waals surface area contributed by atoms with Crippen LogP contribution in [0, 0.1) is 13.8 Å². The smallest absolute Gasteiger partial charge is 0.416 e. The number of carbonyl (C=O) groups excluding carboxylic acids is 1. The van der Waals surface area contributed by atoms with Gasteiger partial charge in [0.2, 0.25) is 15.8 Å². The molecule has 1 aromatic heterocycles. The number of hydrogen-bond acceptors (Lipinski definition) is 5. The predicted molar refractivity (Wildman–Crippen MR) is 141 cm³/mol. The van der Waals surface area contributed by atoms with Gasteiger partial charge >= 0.3 is 12.1 Å². The highest BCUT2D eigenvalue weighted by atomic mass is 32.2. The van der Waals surface area contributed by atoms with Crippen molar-refractivity contribution < 1.29 is 35.5 Å². The first-order valence-electron chi connectivity index (χ1n) is 12.3. The summed E-state index contributed by atoms with van der Waals surface area (Å²) in [5, 5.41) is 0.397. The molecular weight excluding hydrogens is 531 g/mol. The molecule has 4 aromatic rings. The monoisotopic (exact) mass is 559 g/mol. The van der Waals surface area contributed by atoms with Gasteiger partial charge in [0.15, 0.2) is 0 Å². The van der Waals surface area contributed by atoms with E-state index in [2.05, 4.69) is 0 Å². The van der Waals surface area contributed by atoms with E-state index in [1.54, 1.807) is 20.8 Å². The third-order valence-corrected chi connectivity index (χ3v) is 8.26. The molecule has 0 unspecified atom stereocenters. The van der Waals surface area contributed by atoms with Crippen LogP contribution in [-0.2, 0) is 33.9 Å². The fourth-order valence-corrected chi connectivity index (χ4v) is 5.81. The average molecular weight is 560 g/mol. The maximum absolute atomic E-state index is 13.9. The van der Waals surface area contributed by atoms with Crippen LogP contribution in [0.4, 0.5) is 13.2 Å². The molecule has 0 fully saturated rings. The molecule has 0 bridgehead atoms. The van der Waals surface area contributed by atoms with Gasteiger partial charge < -0.3 is 9.15 Å². The predicted octanol–water partition coefficient (Wildman–Crippen LogP) is 6.68. The van der Waals surface area contributed by atoms with Crippen molar-refractivity contribution in [2.75, 3.05) is 13.2 Å². The second kappa shape index (κ2) is 11.2. The largest absolute Gasteiger partial charge is 0.460 e. The van der Waals surface area contributed by atoms with Crippen molar-refractivity contribution in [2.24, 2.45) is 0 Å². The van der Waals surface area contributed by atoms with E-state index in [1.165, 1.54) is 30.3 Å². The van der Waals surface area contributed by atoms with Gasteiger partial charge in [-0.2, -0.15) is 17.5 Å². The second-order valence-corrected chi connectivity index (χ2v) is 11.1. The van der Waals surface area contributed by atoms with Gasteiger partial charge in [0.1, 0.15) is 5.58 Å². The van der Waals surface area contributed by atoms with Gasteiger partial charge in [0, 0.05) is 24.0 Å². The topological polar surface area (TPSA) is 76.8 Å². The van der Waals surface area contributed by atoms with Crippen LogP contribution in [0.2, 0.25) is 0 Å². The molecule has 10 heteroatoms. The average Bonchev–Trinajstić information content (AvgIpc) is 3.23. The molecule has 0 aliphatic rings. The van der Waals surface area contributed by atoms with E-state index in [9.17, 15) is 26.4 Å². The summed E-state index contributed by atoms with van der Waals surface area (Å²) in [6.07, 6.45) is -4.35. The number of nitrogens with zero attached hydrogens (tertiary/aromatic N) is 1. The summed E-state index contributed by atoms with van der Waals surface area (Å²) < 4.78 is 81.1. The number of halogens is 3. The summed E-state index contributed by atoms with van der Waals surface area (Å²) in [6.45, 7) is 4.45. The lowest BCUT2D eigenvalue weighted by molar-refractivity contribution is -0.138. The van der Waals surface area contributed by atoms with Crippen LogP contribution < -0.4 is 0 Å². The molecule has 6 nitrogen and oxygen atoms in total. The summed E-state index contributed by atoms with van der Waals surface area (Å²) in [4.78, 5) is 12.1. The quantitative estimate of drug-likeness (QED) is 0.214. The highest BCUT2D eigenvalue weighted by Crippen LogP contribution is 2.35. The van der Waals surface area contributed by atoms with E-state index >= 15 is 0 Å². The fourth-order valence-electron chi connectivity index (χ4n) is 4.37. The van der Waals surface area contributed by atoms with Gasteiger partial charge in [-0.05, 0) is 62.6 Å². The molecule has 3 aromatic carbocycles. The van der Waals surface area contributed by atoms with Gasteiger partial charge in [0.25, 0.3) is 0 Å². The molecule has 0 saturated heterocycles. The molecule has 206 valence electrons. The fraction of sp³-hybridized carbons (Fsp3) is 0.276. The minimum Gasteiger partial charge on any atom is -0.460 e. The molecule has 0 aliphatic heterocycles. The molecule has 0 saturated carbocycles. The minimum atomic E-state index is -4.65. The lowest BCUT2D eigenvalue weighted by atomic mass is 10.0. The number of ether oxygens (including phenoxy) is 1. The van der Waals surface area contributed by atoms with Gasteiger partial charge in [0.05, 0.1) is 17.1 Å². The molecule has 0 atom stereocenters. The van der Waals surface area contributed by atoms with Crippen LogP contribution in [0.25, 0.3) is 11.0 Å². The molecule has 39 heavy (non-hydrogen) atoms. The summed E-state index contributed by atoms with van der Waals surface area (Å²) in [6, 6.07) is 17.1. The lowest BCUT2D eigenvalue weighted by Crippen LogP contribution is -2.33. The summed E-state index contributed by atoms with van der Waals surface area (Å²) >= 11 is 0. The molecule has 0 amide bonds. The Morgan fingerprint density at radius 3 is 2.38 bits per heavy atom. The molecule has 0 N–H and O–H groups in total. The first kappa shape index (κ1) is 28.4. The van der Waals surface area contributed by atoms with E-state index in [0.717, 1.165) is 15.9 Å². The van der Waals surface area contributed by atoms with Crippen LogP contribution >= 0.6 is 0 Å². The molecule has 0 radical (unpaired) electrons. The van der Waals surface area contributed by atoms with Gasteiger partial charge in [-0.15, -0.1) is 0 Å². The van der Waals surface area contributed by atoms with Gasteiger partial charge in [-0.3, -0.25) is 0 Å². The highest BCUT2D eigenvalue weighted by Gasteiger charge is 2.35. The molecule has 4 rings (SSSR count). The Hall–Kier alpha value is -3.63. The van der Waals surface area contributed by atoms with Crippen LogP contribution in [0.5, 0.6) is 0 Å². The van der Waals surface area contributed by atoms with E-state index in [4.69, 9.17) is 9.15 Å². The highest BCUT2D eigenvalue weighted by molar-refractivity contribution is 7.89. The Balaban J connectivity index is 1.76. The van der Waals surface area contributed by atoms with Crippen molar-refractivity contribution in [3.8, 4) is 0 Å². The first-order valence-corrected chi connectivity index (χ1v) is 13.8. The maximum Gasteiger partial charge on any atom is 0.416 e. The Morgan fingerprint density at radius 2 is 1.72 bits per heavy atom. The SMILES string of the molecule is CCOC(=O)c1oc2ccc(S(=O)(=O)N(CCc3ccccc3)Cc3ccc(C)cc3C(F)(F)F)cc2c1C. The van der Waals surface area contributed by atoms with Crippen molar-refractivity contribution in [1.82, 2.24) is 4.31 Å².